The lowest BCUT2D eigenvalue weighted by Crippen LogP contribution is -2.41. The van der Waals surface area contributed by atoms with Crippen molar-refractivity contribution in [3.63, 3.8) is 0 Å². The summed E-state index contributed by atoms with van der Waals surface area (Å²) in [4.78, 5) is 2.56. The molecule has 116 valence electrons. The van der Waals surface area contributed by atoms with E-state index < -0.39 is 0 Å². The Balaban J connectivity index is 1.36. The number of nitrogens with zero attached hydrogens (tertiary/aromatic N) is 1. The molecule has 3 nitrogen and oxygen atoms in total. The van der Waals surface area contributed by atoms with Crippen molar-refractivity contribution < 1.29 is 4.74 Å². The number of benzene rings is 1. The maximum absolute atomic E-state index is 5.85. The Morgan fingerprint density at radius 3 is 3.00 bits per heavy atom. The van der Waals surface area contributed by atoms with E-state index >= 15 is 0 Å². The molecule has 1 aliphatic heterocycles. The molecular weight excluding hydrogens is 328 g/mol. The second-order valence-corrected chi connectivity index (χ2v) is 7.21. The number of hydrogen-bond donors (Lipinski definition) is 1. The highest BCUT2D eigenvalue weighted by Crippen LogP contribution is 2.21. The Labute approximate surface area is 136 Å². The van der Waals surface area contributed by atoms with E-state index in [1.807, 2.05) is 24.3 Å². The summed E-state index contributed by atoms with van der Waals surface area (Å²) in [6.45, 7) is 5.46. The first-order valence-corrected chi connectivity index (χ1v) is 8.93. The van der Waals surface area contributed by atoms with Gasteiger partial charge in [-0.3, -0.25) is 4.90 Å². The van der Waals surface area contributed by atoms with Crippen molar-refractivity contribution in [2.24, 2.45) is 5.92 Å². The number of piperidine rings is 1. The van der Waals surface area contributed by atoms with Crippen LogP contribution in [-0.4, -0.2) is 43.7 Å². The largest absolute Gasteiger partial charge is 0.492 e. The molecule has 1 aromatic carbocycles. The SMILES string of the molecule is Brc1cccc(OCCN2CCCC(CNC3CC3)C2)c1. The maximum atomic E-state index is 5.85. The summed E-state index contributed by atoms with van der Waals surface area (Å²) in [5.74, 6) is 1.78. The lowest BCUT2D eigenvalue weighted by Gasteiger charge is -2.32. The quantitative estimate of drug-likeness (QED) is 0.814. The van der Waals surface area contributed by atoms with E-state index in [9.17, 15) is 0 Å². The minimum atomic E-state index is 0.777. The summed E-state index contributed by atoms with van der Waals surface area (Å²) in [5, 5.41) is 3.67. The van der Waals surface area contributed by atoms with E-state index in [0.717, 1.165) is 35.3 Å². The highest BCUT2D eigenvalue weighted by atomic mass is 79.9. The van der Waals surface area contributed by atoms with Crippen molar-refractivity contribution in [3.05, 3.63) is 28.7 Å². The molecule has 1 unspecified atom stereocenters. The fourth-order valence-corrected chi connectivity index (χ4v) is 3.37. The zero-order valence-corrected chi connectivity index (χ0v) is 14.1. The topological polar surface area (TPSA) is 24.5 Å². The monoisotopic (exact) mass is 352 g/mol. The third-order valence-corrected chi connectivity index (χ3v) is 4.84. The van der Waals surface area contributed by atoms with E-state index in [2.05, 4.69) is 26.1 Å². The van der Waals surface area contributed by atoms with Gasteiger partial charge in [0.05, 0.1) is 0 Å². The molecule has 0 bridgehead atoms. The maximum Gasteiger partial charge on any atom is 0.120 e. The van der Waals surface area contributed by atoms with Gasteiger partial charge in [0.25, 0.3) is 0 Å². The van der Waals surface area contributed by atoms with E-state index in [1.54, 1.807) is 0 Å². The first-order chi connectivity index (χ1) is 10.3. The minimum absolute atomic E-state index is 0.777. The van der Waals surface area contributed by atoms with Gasteiger partial charge >= 0.3 is 0 Å². The molecule has 3 rings (SSSR count). The summed E-state index contributed by atoms with van der Waals surface area (Å²) in [5.41, 5.74) is 0. The lowest BCUT2D eigenvalue weighted by molar-refractivity contribution is 0.145. The Morgan fingerprint density at radius 1 is 1.29 bits per heavy atom. The van der Waals surface area contributed by atoms with Crippen LogP contribution in [0.4, 0.5) is 0 Å². The van der Waals surface area contributed by atoms with Crippen molar-refractivity contribution in [1.82, 2.24) is 10.2 Å². The summed E-state index contributed by atoms with van der Waals surface area (Å²) in [6, 6.07) is 8.91. The Morgan fingerprint density at radius 2 is 2.19 bits per heavy atom. The third kappa shape index (κ3) is 5.28. The molecule has 1 aromatic rings. The zero-order valence-electron chi connectivity index (χ0n) is 12.6. The molecule has 21 heavy (non-hydrogen) atoms. The second-order valence-electron chi connectivity index (χ2n) is 6.30. The Hall–Kier alpha value is -0.580. The van der Waals surface area contributed by atoms with Crippen LogP contribution in [0.3, 0.4) is 0 Å². The van der Waals surface area contributed by atoms with Gasteiger partial charge < -0.3 is 10.1 Å². The van der Waals surface area contributed by atoms with Gasteiger partial charge in [0.1, 0.15) is 12.4 Å². The van der Waals surface area contributed by atoms with Gasteiger partial charge in [0, 0.05) is 23.6 Å². The third-order valence-electron chi connectivity index (χ3n) is 4.35. The van der Waals surface area contributed by atoms with E-state index in [1.165, 1.54) is 45.3 Å². The van der Waals surface area contributed by atoms with Crippen molar-refractivity contribution >= 4 is 15.9 Å². The molecule has 0 aromatic heterocycles. The molecule has 1 N–H and O–H groups in total. The van der Waals surface area contributed by atoms with Crippen molar-refractivity contribution in [2.45, 2.75) is 31.7 Å². The van der Waals surface area contributed by atoms with E-state index in [-0.39, 0.29) is 0 Å². The summed E-state index contributed by atoms with van der Waals surface area (Å²) < 4.78 is 6.92. The van der Waals surface area contributed by atoms with Gasteiger partial charge in [0.15, 0.2) is 0 Å². The van der Waals surface area contributed by atoms with Crippen LogP contribution in [0.15, 0.2) is 28.7 Å². The van der Waals surface area contributed by atoms with Crippen LogP contribution in [0.2, 0.25) is 0 Å². The normalized spacial score (nSPS) is 23.2. The van der Waals surface area contributed by atoms with Crippen LogP contribution in [0.1, 0.15) is 25.7 Å². The van der Waals surface area contributed by atoms with E-state index in [0.29, 0.717) is 0 Å². The average Bonchev–Trinajstić information content (AvgIpc) is 3.30. The van der Waals surface area contributed by atoms with Gasteiger partial charge in [-0.15, -0.1) is 0 Å². The molecule has 2 aliphatic rings. The molecule has 1 aliphatic carbocycles. The van der Waals surface area contributed by atoms with Gasteiger partial charge in [-0.1, -0.05) is 22.0 Å². The smallest absolute Gasteiger partial charge is 0.120 e. The number of ether oxygens (including phenoxy) is 1. The summed E-state index contributed by atoms with van der Waals surface area (Å²) >= 11 is 3.48. The molecule has 4 heteroatoms. The fourth-order valence-electron chi connectivity index (χ4n) is 2.99. The molecule has 1 saturated carbocycles. The Bertz CT molecular complexity index is 450. The van der Waals surface area contributed by atoms with Gasteiger partial charge in [0.2, 0.25) is 0 Å². The predicted octanol–water partition coefficient (Wildman–Crippen LogP) is 3.29. The van der Waals surface area contributed by atoms with Gasteiger partial charge in [-0.05, 0) is 62.9 Å². The lowest BCUT2D eigenvalue weighted by atomic mass is 9.98. The molecule has 0 radical (unpaired) electrons. The number of hydrogen-bond acceptors (Lipinski definition) is 3. The molecule has 1 saturated heterocycles. The highest BCUT2D eigenvalue weighted by molar-refractivity contribution is 9.10. The standard InChI is InChI=1S/C17H25BrN2O/c18-15-4-1-5-17(11-15)21-10-9-20-8-2-3-14(13-20)12-19-16-6-7-16/h1,4-5,11,14,16,19H,2-3,6-10,12-13H2. The van der Waals surface area contributed by atoms with Crippen LogP contribution in [0.5, 0.6) is 5.75 Å². The van der Waals surface area contributed by atoms with Crippen molar-refractivity contribution in [1.29, 1.82) is 0 Å². The first kappa shape index (κ1) is 15.3. The number of likely N-dealkylation sites (tertiary alicyclic amines) is 1. The predicted molar refractivity (Wildman–Crippen MR) is 89.8 cm³/mol. The molecule has 2 fully saturated rings. The average molecular weight is 353 g/mol. The molecule has 0 amide bonds. The summed E-state index contributed by atoms with van der Waals surface area (Å²) in [6.07, 6.45) is 5.48. The number of halogens is 1. The molecule has 1 heterocycles. The summed E-state index contributed by atoms with van der Waals surface area (Å²) in [7, 11) is 0. The van der Waals surface area contributed by atoms with Crippen LogP contribution in [0.25, 0.3) is 0 Å². The number of nitrogens with one attached hydrogen (secondary N) is 1. The van der Waals surface area contributed by atoms with Crippen LogP contribution < -0.4 is 10.1 Å². The molecular formula is C17H25BrN2O. The Kier molecular flexibility index (Phi) is 5.55. The van der Waals surface area contributed by atoms with Gasteiger partial charge in [-0.25, -0.2) is 0 Å². The van der Waals surface area contributed by atoms with Crippen LogP contribution in [-0.2, 0) is 0 Å². The van der Waals surface area contributed by atoms with Crippen molar-refractivity contribution in [3.8, 4) is 5.75 Å². The van der Waals surface area contributed by atoms with E-state index in [4.69, 9.17) is 4.74 Å². The minimum Gasteiger partial charge on any atom is -0.492 e. The van der Waals surface area contributed by atoms with Crippen LogP contribution >= 0.6 is 15.9 Å². The second kappa shape index (κ2) is 7.61. The first-order valence-electron chi connectivity index (χ1n) is 8.14. The highest BCUT2D eigenvalue weighted by Gasteiger charge is 2.24. The zero-order chi connectivity index (χ0) is 14.5. The molecule has 1 atom stereocenters. The fraction of sp³-hybridized carbons (Fsp3) is 0.647. The van der Waals surface area contributed by atoms with Gasteiger partial charge in [-0.2, -0.15) is 0 Å². The molecule has 0 spiro atoms. The number of rotatable bonds is 7. The van der Waals surface area contributed by atoms with Crippen LogP contribution in [0, 0.1) is 5.92 Å². The van der Waals surface area contributed by atoms with Crippen molar-refractivity contribution in [2.75, 3.05) is 32.8 Å².